The van der Waals surface area contributed by atoms with Gasteiger partial charge in [-0.25, -0.2) is 18.2 Å². The molecule has 1 atom stereocenters. The molecule has 1 aliphatic rings. The summed E-state index contributed by atoms with van der Waals surface area (Å²) in [6.07, 6.45) is -3.40. The molecular formula is C34H35F3N4O7S. The predicted octanol–water partition coefficient (Wildman–Crippen LogP) is 5.63. The highest BCUT2D eigenvalue weighted by molar-refractivity contribution is 7.92. The van der Waals surface area contributed by atoms with Crippen LogP contribution in [0.3, 0.4) is 0 Å². The lowest BCUT2D eigenvalue weighted by Crippen LogP contribution is -2.54. The standard InChI is InChI=1S/C34H35F3N4O7S/c1-4-46-28-18-23(9-14-27(28)47-20(2)3)33(48-32(43)34(35,36)37,41-24-10-13-26-21(17-24)15-16-39-30(26)38)31(42)40-19-22-7-5-6-8-29(22)49(44,45)25-11-12-25/h5-10,13-18,20,25,41H,4,11-12,19H2,1-3H3,(H2,38,39)(H,40,42)/t33-/m0/s1. The molecule has 0 saturated heterocycles. The molecular weight excluding hydrogens is 665 g/mol. The highest BCUT2D eigenvalue weighted by Gasteiger charge is 2.52. The number of nitrogen functional groups attached to an aromatic ring is 1. The zero-order valence-electron chi connectivity index (χ0n) is 26.8. The molecule has 15 heteroatoms. The van der Waals surface area contributed by atoms with Crippen LogP contribution in [-0.4, -0.2) is 49.4 Å². The molecule has 260 valence electrons. The third kappa shape index (κ3) is 7.66. The van der Waals surface area contributed by atoms with Crippen LogP contribution >= 0.6 is 0 Å². The summed E-state index contributed by atoms with van der Waals surface area (Å²) in [5, 5.41) is 5.74. The normalized spacial score (nSPS) is 14.6. The number of aromatic nitrogens is 1. The quantitative estimate of drug-likeness (QED) is 0.118. The number of carbonyl (C=O) groups is 2. The van der Waals surface area contributed by atoms with Gasteiger partial charge in [-0.2, -0.15) is 13.2 Å². The first-order valence-corrected chi connectivity index (χ1v) is 17.0. The van der Waals surface area contributed by atoms with Crippen LogP contribution < -0.4 is 25.8 Å². The highest BCUT2D eigenvalue weighted by atomic mass is 32.2. The molecule has 4 N–H and O–H groups in total. The van der Waals surface area contributed by atoms with E-state index in [9.17, 15) is 31.2 Å². The maximum Gasteiger partial charge on any atom is 0.491 e. The Morgan fingerprint density at radius 2 is 1.76 bits per heavy atom. The molecule has 49 heavy (non-hydrogen) atoms. The number of fused-ring (bicyclic) bond motifs is 1. The Bertz CT molecular complexity index is 1980. The number of esters is 1. The number of pyridine rings is 1. The van der Waals surface area contributed by atoms with E-state index < -0.39 is 45.4 Å². The minimum absolute atomic E-state index is 0.0156. The summed E-state index contributed by atoms with van der Waals surface area (Å²) in [5.41, 5.74) is 3.11. The third-order valence-electron chi connectivity index (χ3n) is 7.61. The molecule has 5 rings (SSSR count). The van der Waals surface area contributed by atoms with Crippen LogP contribution in [0.1, 0.15) is 44.7 Å². The molecule has 11 nitrogen and oxygen atoms in total. The van der Waals surface area contributed by atoms with Crippen LogP contribution in [0.15, 0.2) is 77.8 Å². The molecule has 1 fully saturated rings. The number of benzene rings is 3. The van der Waals surface area contributed by atoms with E-state index in [1.807, 2.05) is 0 Å². The maximum absolute atomic E-state index is 14.4. The van der Waals surface area contributed by atoms with Crippen molar-refractivity contribution >= 4 is 44.0 Å². The molecule has 0 aliphatic heterocycles. The van der Waals surface area contributed by atoms with Crippen LogP contribution in [0.5, 0.6) is 11.5 Å². The molecule has 0 spiro atoms. The molecule has 1 saturated carbocycles. The first-order chi connectivity index (χ1) is 23.2. The summed E-state index contributed by atoms with van der Waals surface area (Å²) < 4.78 is 84.7. The van der Waals surface area contributed by atoms with Gasteiger partial charge in [0.25, 0.3) is 11.6 Å². The fourth-order valence-corrected chi connectivity index (χ4v) is 7.09. The van der Waals surface area contributed by atoms with E-state index in [4.69, 9.17) is 19.9 Å². The minimum Gasteiger partial charge on any atom is -0.490 e. The van der Waals surface area contributed by atoms with Crippen LogP contribution in [0.4, 0.5) is 24.7 Å². The monoisotopic (exact) mass is 700 g/mol. The number of alkyl halides is 3. The summed E-state index contributed by atoms with van der Waals surface area (Å²) in [4.78, 5) is 31.1. The minimum atomic E-state index is -5.51. The maximum atomic E-state index is 14.4. The number of ether oxygens (including phenoxy) is 3. The number of carbonyl (C=O) groups excluding carboxylic acids is 2. The molecule has 0 radical (unpaired) electrons. The molecule has 1 heterocycles. The van der Waals surface area contributed by atoms with Gasteiger partial charge in [0.05, 0.1) is 22.9 Å². The van der Waals surface area contributed by atoms with Gasteiger partial charge in [-0.05, 0) is 93.1 Å². The summed E-state index contributed by atoms with van der Waals surface area (Å²) in [6, 6.07) is 16.0. The number of rotatable bonds is 13. The largest absolute Gasteiger partial charge is 0.491 e. The highest BCUT2D eigenvalue weighted by Crippen LogP contribution is 2.39. The Balaban J connectivity index is 1.66. The number of hydrogen-bond acceptors (Lipinski definition) is 10. The van der Waals surface area contributed by atoms with Crippen LogP contribution in [0.25, 0.3) is 10.8 Å². The number of nitrogens with one attached hydrogen (secondary N) is 2. The van der Waals surface area contributed by atoms with Crippen molar-refractivity contribution in [1.29, 1.82) is 0 Å². The Labute approximate surface area is 280 Å². The number of nitrogens with zero attached hydrogens (tertiary/aromatic N) is 1. The third-order valence-corrected chi connectivity index (χ3v) is 9.97. The van der Waals surface area contributed by atoms with Crippen LogP contribution in [-0.2, 0) is 36.4 Å². The molecule has 3 aromatic carbocycles. The first kappa shape index (κ1) is 35.3. The van der Waals surface area contributed by atoms with Gasteiger partial charge in [-0.1, -0.05) is 18.2 Å². The van der Waals surface area contributed by atoms with Crippen LogP contribution in [0.2, 0.25) is 0 Å². The number of nitrogens with two attached hydrogens (primary N) is 1. The van der Waals surface area contributed by atoms with Gasteiger partial charge in [0, 0.05) is 29.4 Å². The smallest absolute Gasteiger partial charge is 0.490 e. The second kappa shape index (κ2) is 13.8. The van der Waals surface area contributed by atoms with Crippen molar-refractivity contribution in [3.8, 4) is 11.5 Å². The van der Waals surface area contributed by atoms with Gasteiger partial charge >= 0.3 is 12.1 Å². The van der Waals surface area contributed by atoms with Crippen molar-refractivity contribution in [2.75, 3.05) is 17.7 Å². The Kier molecular flexibility index (Phi) is 9.95. The molecule has 0 unspecified atom stereocenters. The predicted molar refractivity (Wildman–Crippen MR) is 175 cm³/mol. The number of sulfone groups is 1. The van der Waals surface area contributed by atoms with Crippen molar-refractivity contribution < 1.29 is 45.4 Å². The van der Waals surface area contributed by atoms with Gasteiger partial charge in [-0.3, -0.25) is 4.79 Å². The van der Waals surface area contributed by atoms with E-state index in [-0.39, 0.29) is 51.7 Å². The molecule has 1 amide bonds. The molecule has 0 bridgehead atoms. The Morgan fingerprint density at radius 3 is 2.43 bits per heavy atom. The Morgan fingerprint density at radius 1 is 1.02 bits per heavy atom. The van der Waals surface area contributed by atoms with Crippen molar-refractivity contribution in [1.82, 2.24) is 10.3 Å². The summed E-state index contributed by atoms with van der Waals surface area (Å²) in [5.74, 6) is -3.42. The second-order valence-electron chi connectivity index (χ2n) is 11.6. The second-order valence-corrected chi connectivity index (χ2v) is 13.8. The first-order valence-electron chi connectivity index (χ1n) is 15.4. The van der Waals surface area contributed by atoms with E-state index in [0.29, 0.717) is 23.6 Å². The van der Waals surface area contributed by atoms with E-state index in [0.717, 1.165) is 0 Å². The van der Waals surface area contributed by atoms with Gasteiger partial charge < -0.3 is 30.6 Å². The van der Waals surface area contributed by atoms with Gasteiger partial charge in [0.15, 0.2) is 21.3 Å². The lowest BCUT2D eigenvalue weighted by atomic mass is 9.99. The van der Waals surface area contributed by atoms with E-state index in [1.54, 1.807) is 39.0 Å². The number of halogens is 3. The van der Waals surface area contributed by atoms with Crippen molar-refractivity contribution in [3.63, 3.8) is 0 Å². The molecule has 4 aromatic rings. The number of hydrogen-bond donors (Lipinski definition) is 3. The lowest BCUT2D eigenvalue weighted by molar-refractivity contribution is -0.213. The Hall–Kier alpha value is -5.05. The average Bonchev–Trinajstić information content (AvgIpc) is 3.90. The van der Waals surface area contributed by atoms with Crippen molar-refractivity contribution in [2.24, 2.45) is 0 Å². The van der Waals surface area contributed by atoms with Crippen molar-refractivity contribution in [3.05, 3.63) is 84.1 Å². The van der Waals surface area contributed by atoms with Gasteiger partial charge in [0.2, 0.25) is 0 Å². The van der Waals surface area contributed by atoms with E-state index in [2.05, 4.69) is 15.6 Å². The average molecular weight is 701 g/mol. The van der Waals surface area contributed by atoms with E-state index >= 15 is 0 Å². The lowest BCUT2D eigenvalue weighted by Gasteiger charge is -2.35. The number of amides is 1. The summed E-state index contributed by atoms with van der Waals surface area (Å²) >= 11 is 0. The SMILES string of the molecule is CCOc1cc([C@](Nc2ccc3c(N)nccc3c2)(OC(=O)C(F)(F)F)C(=O)NCc2ccccc2S(=O)(=O)C2CC2)ccc1OC(C)C. The molecule has 1 aliphatic carbocycles. The molecule has 1 aromatic heterocycles. The number of anilines is 2. The zero-order valence-corrected chi connectivity index (χ0v) is 27.7. The van der Waals surface area contributed by atoms with Crippen molar-refractivity contribution in [2.45, 2.75) is 68.3 Å². The van der Waals surface area contributed by atoms with Gasteiger partial charge in [-0.15, -0.1) is 0 Å². The van der Waals surface area contributed by atoms with Crippen LogP contribution in [0, 0.1) is 0 Å². The fraction of sp³-hybridized carbons (Fsp3) is 0.324. The fourth-order valence-electron chi connectivity index (χ4n) is 5.20. The van der Waals surface area contributed by atoms with Gasteiger partial charge in [0.1, 0.15) is 5.82 Å². The topological polar surface area (TPSA) is 159 Å². The summed E-state index contributed by atoms with van der Waals surface area (Å²) in [7, 11) is -3.72. The zero-order chi connectivity index (χ0) is 35.6. The van der Waals surface area contributed by atoms with E-state index in [1.165, 1.54) is 54.7 Å². The summed E-state index contributed by atoms with van der Waals surface area (Å²) in [6.45, 7) is 4.89.